The molecule has 0 bridgehead atoms. The first-order valence-electron chi connectivity index (χ1n) is 6.24. The first-order valence-corrected chi connectivity index (χ1v) is 8.61. The van der Waals surface area contributed by atoms with E-state index in [-0.39, 0.29) is 22.8 Å². The maximum Gasteiger partial charge on any atom is 0.356 e. The number of rotatable bonds is 5. The summed E-state index contributed by atoms with van der Waals surface area (Å²) in [6.45, 7) is 0.205. The third-order valence-electron chi connectivity index (χ3n) is 3.30. The topological polar surface area (TPSA) is 117 Å². The number of aliphatic hydroxyl groups excluding tert-OH is 1. The Labute approximate surface area is 120 Å². The monoisotopic (exact) mass is 320 g/mol. The van der Waals surface area contributed by atoms with Crippen molar-refractivity contribution in [1.29, 1.82) is 0 Å². The summed E-state index contributed by atoms with van der Waals surface area (Å²) in [6, 6.07) is 0. The van der Waals surface area contributed by atoms with Crippen LogP contribution < -0.4 is 4.72 Å². The molecular weight excluding hydrogens is 304 g/mol. The second kappa shape index (κ2) is 6.17. The summed E-state index contributed by atoms with van der Waals surface area (Å²) in [7, 11) is -3.87. The zero-order chi connectivity index (χ0) is 14.8. The van der Waals surface area contributed by atoms with Crippen LogP contribution >= 0.6 is 11.3 Å². The minimum absolute atomic E-state index is 0.0784. The van der Waals surface area contributed by atoms with Gasteiger partial charge < -0.3 is 10.2 Å². The molecule has 0 aromatic carbocycles. The number of carboxylic acids is 1. The number of carboxylic acid groups (broad SMARTS) is 1. The summed E-state index contributed by atoms with van der Waals surface area (Å²) in [5.74, 6) is -1.28. The average Bonchev–Trinajstić information content (AvgIpc) is 2.87. The van der Waals surface area contributed by atoms with Crippen molar-refractivity contribution in [2.24, 2.45) is 5.92 Å². The lowest BCUT2D eigenvalue weighted by molar-refractivity contribution is 0.0687. The van der Waals surface area contributed by atoms with Crippen LogP contribution in [0.25, 0.3) is 0 Å². The summed E-state index contributed by atoms with van der Waals surface area (Å²) < 4.78 is 26.3. The first kappa shape index (κ1) is 15.4. The Balaban J connectivity index is 2.04. The number of hydrogen-bond donors (Lipinski definition) is 3. The summed E-state index contributed by atoms with van der Waals surface area (Å²) in [6.07, 6.45) is 2.66. The van der Waals surface area contributed by atoms with Gasteiger partial charge in [-0.3, -0.25) is 0 Å². The van der Waals surface area contributed by atoms with Crippen LogP contribution in [0.1, 0.15) is 36.2 Å². The second-order valence-electron chi connectivity index (χ2n) is 4.83. The van der Waals surface area contributed by atoms with Crippen molar-refractivity contribution >= 4 is 27.3 Å². The number of nitrogens with zero attached hydrogens (tertiary/aromatic N) is 1. The fourth-order valence-corrected chi connectivity index (χ4v) is 4.61. The Morgan fingerprint density at radius 1 is 1.50 bits per heavy atom. The van der Waals surface area contributed by atoms with E-state index in [0.717, 1.165) is 30.6 Å². The van der Waals surface area contributed by atoms with E-state index in [1.165, 1.54) is 5.51 Å². The highest BCUT2D eigenvalue weighted by atomic mass is 32.2. The van der Waals surface area contributed by atoms with Crippen LogP contribution in [-0.4, -0.2) is 42.2 Å². The van der Waals surface area contributed by atoms with Crippen molar-refractivity contribution in [1.82, 2.24) is 9.71 Å². The van der Waals surface area contributed by atoms with Crippen molar-refractivity contribution < 1.29 is 23.4 Å². The molecule has 1 aromatic heterocycles. The molecule has 0 aliphatic heterocycles. The number of hydrogen-bond acceptors (Lipinski definition) is 6. The average molecular weight is 320 g/mol. The fraction of sp³-hybridized carbons (Fsp3) is 0.636. The van der Waals surface area contributed by atoms with E-state index >= 15 is 0 Å². The number of aliphatic hydroxyl groups is 1. The quantitative estimate of drug-likeness (QED) is 0.734. The Kier molecular flexibility index (Phi) is 4.74. The maximum absolute atomic E-state index is 12.1. The zero-order valence-corrected chi connectivity index (χ0v) is 12.3. The Hall–Kier alpha value is -1.03. The van der Waals surface area contributed by atoms with E-state index in [2.05, 4.69) is 9.71 Å². The molecule has 2 atom stereocenters. The van der Waals surface area contributed by atoms with E-state index < -0.39 is 21.7 Å². The molecule has 1 aliphatic carbocycles. The van der Waals surface area contributed by atoms with Gasteiger partial charge in [0.2, 0.25) is 0 Å². The van der Waals surface area contributed by atoms with E-state index in [9.17, 15) is 18.3 Å². The van der Waals surface area contributed by atoms with Crippen molar-refractivity contribution in [3.8, 4) is 0 Å². The molecule has 0 spiro atoms. The van der Waals surface area contributed by atoms with Gasteiger partial charge in [0.1, 0.15) is 0 Å². The molecule has 2 unspecified atom stereocenters. The third kappa shape index (κ3) is 3.54. The SMILES string of the molecule is O=C(O)c1ncsc1S(=O)(=O)NCC1CCCC(O)C1. The molecule has 7 nitrogen and oxygen atoms in total. The normalized spacial score (nSPS) is 23.6. The summed E-state index contributed by atoms with van der Waals surface area (Å²) in [4.78, 5) is 14.4. The highest BCUT2D eigenvalue weighted by Crippen LogP contribution is 2.25. The lowest BCUT2D eigenvalue weighted by atomic mass is 9.87. The van der Waals surface area contributed by atoms with Crippen LogP contribution in [0.4, 0.5) is 0 Å². The first-order chi connectivity index (χ1) is 9.40. The third-order valence-corrected chi connectivity index (χ3v) is 6.09. The van der Waals surface area contributed by atoms with Gasteiger partial charge in [0.25, 0.3) is 10.0 Å². The summed E-state index contributed by atoms with van der Waals surface area (Å²) >= 11 is 0.780. The van der Waals surface area contributed by atoms with Crippen LogP contribution in [0.2, 0.25) is 0 Å². The number of carbonyl (C=O) groups is 1. The standard InChI is InChI=1S/C11H16N2O5S2/c14-8-3-1-2-7(4-8)5-13-20(17,18)11-9(10(15)16)12-6-19-11/h6-8,13-14H,1-5H2,(H,15,16). The molecule has 1 aliphatic rings. The Morgan fingerprint density at radius 2 is 2.25 bits per heavy atom. The molecule has 1 aromatic rings. The predicted molar refractivity (Wildman–Crippen MR) is 72.2 cm³/mol. The molecule has 3 N–H and O–H groups in total. The van der Waals surface area contributed by atoms with Crippen LogP contribution in [0, 0.1) is 5.92 Å². The molecular formula is C11H16N2O5S2. The van der Waals surface area contributed by atoms with Gasteiger partial charge >= 0.3 is 5.97 Å². The molecule has 0 saturated heterocycles. The molecule has 20 heavy (non-hydrogen) atoms. The lowest BCUT2D eigenvalue weighted by Crippen LogP contribution is -2.33. The van der Waals surface area contributed by atoms with E-state index in [1.807, 2.05) is 0 Å². The van der Waals surface area contributed by atoms with Crippen molar-refractivity contribution in [2.75, 3.05) is 6.54 Å². The van der Waals surface area contributed by atoms with Gasteiger partial charge in [0.05, 0.1) is 11.6 Å². The minimum Gasteiger partial charge on any atom is -0.476 e. The van der Waals surface area contributed by atoms with E-state index in [1.54, 1.807) is 0 Å². The van der Waals surface area contributed by atoms with Gasteiger partial charge in [-0.2, -0.15) is 0 Å². The van der Waals surface area contributed by atoms with Crippen molar-refractivity contribution in [3.63, 3.8) is 0 Å². The van der Waals surface area contributed by atoms with E-state index in [4.69, 9.17) is 5.11 Å². The van der Waals surface area contributed by atoms with Crippen molar-refractivity contribution in [2.45, 2.75) is 36.0 Å². The molecule has 0 amide bonds. The smallest absolute Gasteiger partial charge is 0.356 e. The largest absolute Gasteiger partial charge is 0.476 e. The molecule has 2 rings (SSSR count). The van der Waals surface area contributed by atoms with Gasteiger partial charge in [-0.15, -0.1) is 11.3 Å². The van der Waals surface area contributed by atoms with E-state index in [0.29, 0.717) is 6.42 Å². The van der Waals surface area contributed by atoms with Crippen LogP contribution in [0.3, 0.4) is 0 Å². The lowest BCUT2D eigenvalue weighted by Gasteiger charge is -2.25. The maximum atomic E-state index is 12.1. The number of nitrogens with one attached hydrogen (secondary N) is 1. The number of aromatic carboxylic acids is 1. The van der Waals surface area contributed by atoms with Gasteiger partial charge in [-0.1, -0.05) is 6.42 Å². The fourth-order valence-electron chi connectivity index (χ4n) is 2.31. The predicted octanol–water partition coefficient (Wildman–Crippen LogP) is 0.671. The summed E-state index contributed by atoms with van der Waals surface area (Å²) in [5, 5.41) is 18.4. The molecule has 1 heterocycles. The van der Waals surface area contributed by atoms with Crippen LogP contribution in [-0.2, 0) is 10.0 Å². The Morgan fingerprint density at radius 3 is 2.90 bits per heavy atom. The van der Waals surface area contributed by atoms with Gasteiger partial charge in [0.15, 0.2) is 9.90 Å². The molecule has 1 fully saturated rings. The molecule has 1 saturated carbocycles. The second-order valence-corrected chi connectivity index (χ2v) is 7.65. The van der Waals surface area contributed by atoms with Crippen LogP contribution in [0.5, 0.6) is 0 Å². The van der Waals surface area contributed by atoms with Gasteiger partial charge in [0, 0.05) is 6.54 Å². The number of sulfonamides is 1. The molecule has 9 heteroatoms. The number of aromatic nitrogens is 1. The number of thiazole rings is 1. The van der Waals surface area contributed by atoms with Crippen LogP contribution in [0.15, 0.2) is 9.72 Å². The zero-order valence-electron chi connectivity index (χ0n) is 10.7. The Bertz CT molecular complexity index is 583. The van der Waals surface area contributed by atoms with Gasteiger partial charge in [-0.25, -0.2) is 22.9 Å². The minimum atomic E-state index is -3.87. The molecule has 112 valence electrons. The van der Waals surface area contributed by atoms with Crippen molar-refractivity contribution in [3.05, 3.63) is 11.2 Å². The molecule has 0 radical (unpaired) electrons. The highest BCUT2D eigenvalue weighted by molar-refractivity contribution is 7.91. The highest BCUT2D eigenvalue weighted by Gasteiger charge is 2.27. The van der Waals surface area contributed by atoms with Gasteiger partial charge in [-0.05, 0) is 25.2 Å². The summed E-state index contributed by atoms with van der Waals surface area (Å²) in [5.41, 5.74) is 0.744.